The average molecular weight is 1030 g/mol. The molecule has 0 aliphatic carbocycles. The van der Waals surface area contributed by atoms with Crippen LogP contribution in [-0.4, -0.2) is 9.13 Å². The fourth-order valence-electron chi connectivity index (χ4n) is 10.8. The lowest BCUT2D eigenvalue weighted by Crippen LogP contribution is -2.12. The third-order valence-corrected chi connectivity index (χ3v) is 14.3. The van der Waals surface area contributed by atoms with E-state index in [9.17, 15) is 10.5 Å². The van der Waals surface area contributed by atoms with Crippen LogP contribution in [0.5, 0.6) is 0 Å². The van der Waals surface area contributed by atoms with Gasteiger partial charge >= 0.3 is 12.4 Å². The molecule has 12 rings (SSSR count). The minimum Gasteiger partial charge on any atom is -0.309 e. The number of aromatic nitrogens is 2. The second kappa shape index (κ2) is 18.6. The molecule has 0 saturated heterocycles. The van der Waals surface area contributed by atoms with Gasteiger partial charge in [0.15, 0.2) is 11.4 Å². The Morgan fingerprint density at radius 2 is 0.641 bits per heavy atom. The smallest absolute Gasteiger partial charge is 0.309 e. The monoisotopic (exact) mass is 1020 g/mol. The van der Waals surface area contributed by atoms with Crippen LogP contribution in [0.2, 0.25) is 0 Å². The minimum atomic E-state index is -4.94. The number of alkyl halides is 6. The predicted molar refractivity (Wildman–Crippen MR) is 294 cm³/mol. The zero-order chi connectivity index (χ0) is 54.0. The summed E-state index contributed by atoms with van der Waals surface area (Å²) in [5, 5.41) is 22.6. The number of benzene rings is 10. The molecule has 0 fully saturated rings. The van der Waals surface area contributed by atoms with Crippen LogP contribution < -0.4 is 0 Å². The Bertz CT molecular complexity index is 4140. The molecular weight excluding hydrogens is 991 g/mol. The number of rotatable bonds is 7. The summed E-state index contributed by atoms with van der Waals surface area (Å²) >= 11 is 0. The van der Waals surface area contributed by atoms with Gasteiger partial charge in [-0.05, 0) is 116 Å². The lowest BCUT2D eigenvalue weighted by Gasteiger charge is -2.20. The average Bonchev–Trinajstić information content (AvgIpc) is 4.20. The van der Waals surface area contributed by atoms with E-state index in [0.29, 0.717) is 111 Å². The summed E-state index contributed by atoms with van der Waals surface area (Å²) in [5.41, 5.74) is 4.95. The molecule has 0 atom stereocenters. The maximum Gasteiger partial charge on any atom is 0.418 e. The first-order valence-electron chi connectivity index (χ1n) is 24.3. The zero-order valence-electron chi connectivity index (χ0n) is 40.6. The summed E-state index contributed by atoms with van der Waals surface area (Å²) in [6.07, 6.45) is -9.87. The number of hydrogen-bond acceptors (Lipinski definition) is 2. The van der Waals surface area contributed by atoms with E-state index in [2.05, 4.69) is 21.8 Å². The second-order valence-corrected chi connectivity index (χ2v) is 18.6. The van der Waals surface area contributed by atoms with E-state index < -0.39 is 23.5 Å². The number of fused-ring (bicyclic) bond motifs is 6. The van der Waals surface area contributed by atoms with Gasteiger partial charge in [-0.25, -0.2) is 9.69 Å². The van der Waals surface area contributed by atoms with E-state index >= 15 is 26.3 Å². The Kier molecular flexibility index (Phi) is 11.5. The third-order valence-electron chi connectivity index (χ3n) is 14.3. The molecule has 0 amide bonds. The van der Waals surface area contributed by atoms with E-state index in [0.717, 1.165) is 12.1 Å². The van der Waals surface area contributed by atoms with Crippen LogP contribution in [0.3, 0.4) is 0 Å². The first-order valence-corrected chi connectivity index (χ1v) is 24.3. The summed E-state index contributed by atoms with van der Waals surface area (Å²) in [7, 11) is 0. The van der Waals surface area contributed by atoms with Gasteiger partial charge in [-0.15, -0.1) is 0 Å². The molecule has 2 heterocycles. The molecule has 10 aromatic carbocycles. The van der Waals surface area contributed by atoms with Crippen molar-refractivity contribution in [1.29, 1.82) is 10.5 Å². The summed E-state index contributed by atoms with van der Waals surface area (Å²) in [6, 6.07) is 60.5. The molecule has 0 aliphatic rings. The predicted octanol–water partition coefficient (Wildman–Crippen LogP) is 19.1. The third kappa shape index (κ3) is 8.05. The van der Waals surface area contributed by atoms with Gasteiger partial charge in [0.25, 0.3) is 0 Å². The van der Waals surface area contributed by atoms with Gasteiger partial charge in [0.1, 0.15) is 0 Å². The fourth-order valence-corrected chi connectivity index (χ4v) is 10.8. The maximum atomic E-state index is 15.8. The van der Waals surface area contributed by atoms with Crippen molar-refractivity contribution >= 4 is 55.0 Å². The van der Waals surface area contributed by atoms with E-state index in [1.54, 1.807) is 158 Å². The molecule has 0 unspecified atom stereocenters. The van der Waals surface area contributed by atoms with Gasteiger partial charge < -0.3 is 9.13 Å². The number of halogens is 6. The molecular formula is C66H34F6N6. The van der Waals surface area contributed by atoms with Crippen LogP contribution in [0.15, 0.2) is 206 Å². The summed E-state index contributed by atoms with van der Waals surface area (Å²) < 4.78 is 97.5. The van der Waals surface area contributed by atoms with E-state index in [-0.39, 0.29) is 22.5 Å². The first-order chi connectivity index (χ1) is 37.8. The van der Waals surface area contributed by atoms with E-state index in [1.165, 1.54) is 33.4 Å². The summed E-state index contributed by atoms with van der Waals surface area (Å²) in [6.45, 7) is 15.8. The lowest BCUT2D eigenvalue weighted by atomic mass is 9.98. The largest absolute Gasteiger partial charge is 0.418 e. The molecule has 6 nitrogen and oxygen atoms in total. The Labute approximate surface area is 442 Å². The van der Waals surface area contributed by atoms with Crippen molar-refractivity contribution in [2.45, 2.75) is 12.4 Å². The lowest BCUT2D eigenvalue weighted by molar-refractivity contribution is -0.138. The number of para-hydroxylation sites is 2. The molecule has 0 N–H and O–H groups in total. The summed E-state index contributed by atoms with van der Waals surface area (Å²) in [5.74, 6) is 0. The Morgan fingerprint density at radius 1 is 0.346 bits per heavy atom. The van der Waals surface area contributed by atoms with Crippen molar-refractivity contribution in [1.82, 2.24) is 9.13 Å². The van der Waals surface area contributed by atoms with Crippen LogP contribution >= 0.6 is 0 Å². The minimum absolute atomic E-state index is 0.166. The first kappa shape index (κ1) is 48.3. The van der Waals surface area contributed by atoms with Gasteiger partial charge in [-0.1, -0.05) is 146 Å². The number of hydrogen-bond donors (Lipinski definition) is 0. The Morgan fingerprint density at radius 3 is 0.962 bits per heavy atom. The Balaban J connectivity index is 1.15. The highest BCUT2D eigenvalue weighted by molar-refractivity contribution is 6.13. The van der Waals surface area contributed by atoms with Crippen molar-refractivity contribution in [3.05, 3.63) is 251 Å². The van der Waals surface area contributed by atoms with Crippen LogP contribution in [-0.2, 0) is 12.4 Å². The Hall–Kier alpha value is -10.7. The van der Waals surface area contributed by atoms with Gasteiger partial charge in [0, 0.05) is 21.5 Å². The van der Waals surface area contributed by atoms with Crippen molar-refractivity contribution in [2.24, 2.45) is 0 Å². The van der Waals surface area contributed by atoms with E-state index in [4.69, 9.17) is 13.1 Å². The highest BCUT2D eigenvalue weighted by Gasteiger charge is 2.37. The molecule has 0 saturated carbocycles. The molecule has 2 aromatic heterocycles. The van der Waals surface area contributed by atoms with E-state index in [1.807, 2.05) is 12.1 Å². The second-order valence-electron chi connectivity index (χ2n) is 18.6. The molecule has 0 aliphatic heterocycles. The van der Waals surface area contributed by atoms with Crippen LogP contribution in [0.25, 0.3) is 120 Å². The van der Waals surface area contributed by atoms with Crippen LogP contribution in [0, 0.1) is 35.8 Å². The molecule has 0 radical (unpaired) electrons. The zero-order valence-corrected chi connectivity index (χ0v) is 40.6. The van der Waals surface area contributed by atoms with Gasteiger partial charge in [-0.3, -0.25) is 0 Å². The normalized spacial score (nSPS) is 11.7. The number of nitrogens with zero attached hydrogens (tertiary/aromatic N) is 6. The highest BCUT2D eigenvalue weighted by atomic mass is 19.4. The van der Waals surface area contributed by atoms with Crippen LogP contribution in [0.4, 0.5) is 37.7 Å². The SMILES string of the molecule is [C-]#[N+]c1ccccc1-c1ccc2c3ccc(-c4ccccc4[N+]#[C-])cc3n(-c3cc(-c4ccc(C(F)(F)F)c(-n5c6cc(-c7ccccc7C#N)ccc6c6ccc(-c7ccccc7C#N)cc65)c4)ccc3C(F)(F)F)c2c1. The topological polar surface area (TPSA) is 66.2 Å². The van der Waals surface area contributed by atoms with Crippen molar-refractivity contribution < 1.29 is 26.3 Å². The van der Waals surface area contributed by atoms with Crippen molar-refractivity contribution in [3.63, 3.8) is 0 Å². The fraction of sp³-hybridized carbons (Fsp3) is 0.0303. The standard InChI is InChI=1S/C66H34F6N6/c1-75-57-17-9-7-15-49(57)43-21-27-53-54-28-22-44(50-16-8-10-18-58(50)76-2)36-62(54)78(61(53)35-43)64-32-40(24-30-56(64)66(70,71)72)39-23-29-55(65(67,68)69)63(31-39)77-59-33-41(47-13-5-3-11-45(47)37-73)19-25-51(59)52-26-20-42(34-60(52)77)48-14-6-4-12-46(48)38-74/h3-36H. The maximum absolute atomic E-state index is 15.8. The quantitative estimate of drug-likeness (QED) is 0.118. The van der Waals surface area contributed by atoms with Crippen molar-refractivity contribution in [3.8, 4) is 79.1 Å². The summed E-state index contributed by atoms with van der Waals surface area (Å²) in [4.78, 5) is 7.42. The van der Waals surface area contributed by atoms with Gasteiger partial charge in [0.2, 0.25) is 0 Å². The molecule has 12 heteroatoms. The number of nitriles is 2. The molecule has 0 spiro atoms. The molecule has 12 aromatic rings. The van der Waals surface area contributed by atoms with Crippen molar-refractivity contribution in [2.75, 3.05) is 0 Å². The van der Waals surface area contributed by atoms with Gasteiger partial charge in [0.05, 0.1) is 81.0 Å². The van der Waals surface area contributed by atoms with Crippen LogP contribution in [0.1, 0.15) is 22.3 Å². The molecule has 370 valence electrons. The highest BCUT2D eigenvalue weighted by Crippen LogP contribution is 2.47. The molecule has 0 bridgehead atoms. The van der Waals surface area contributed by atoms with Gasteiger partial charge in [-0.2, -0.15) is 36.9 Å². The molecule has 78 heavy (non-hydrogen) atoms.